The molecule has 3 rings (SSSR count). The van der Waals surface area contributed by atoms with Gasteiger partial charge in [0.25, 0.3) is 5.56 Å². The number of nitrogens with zero attached hydrogens (tertiary/aromatic N) is 4. The molecular formula is C21H21F3N4OS. The molecule has 30 heavy (non-hydrogen) atoms. The highest BCUT2D eigenvalue weighted by Crippen LogP contribution is 2.29. The molecule has 0 spiro atoms. The van der Waals surface area contributed by atoms with Gasteiger partial charge in [-0.05, 0) is 36.3 Å². The van der Waals surface area contributed by atoms with Crippen molar-refractivity contribution in [2.24, 2.45) is 0 Å². The van der Waals surface area contributed by atoms with Crippen molar-refractivity contribution in [3.63, 3.8) is 0 Å². The van der Waals surface area contributed by atoms with E-state index in [9.17, 15) is 23.2 Å². The lowest BCUT2D eigenvalue weighted by atomic mass is 10.1. The quantitative estimate of drug-likeness (QED) is 0.627. The first-order valence-corrected chi connectivity index (χ1v) is 10.4. The first kappa shape index (κ1) is 22.0. The summed E-state index contributed by atoms with van der Waals surface area (Å²) in [6.07, 6.45) is -2.99. The normalized spacial score (nSPS) is 14.4. The monoisotopic (exact) mass is 434 g/mol. The van der Waals surface area contributed by atoms with E-state index in [0.717, 1.165) is 31.0 Å². The SMILES string of the molecule is C=CSc1c(CC(F)(F)F)nc(N2CCCCC2)n(Cc2ccccc2C#N)c1=O. The van der Waals surface area contributed by atoms with Crippen LogP contribution in [0.15, 0.2) is 45.9 Å². The van der Waals surface area contributed by atoms with Gasteiger partial charge >= 0.3 is 6.18 Å². The van der Waals surface area contributed by atoms with Crippen LogP contribution in [0.5, 0.6) is 0 Å². The van der Waals surface area contributed by atoms with Crippen LogP contribution in [0, 0.1) is 11.3 Å². The zero-order valence-electron chi connectivity index (χ0n) is 16.3. The van der Waals surface area contributed by atoms with Crippen LogP contribution in [-0.4, -0.2) is 28.8 Å². The Hall–Kier alpha value is -2.73. The number of halogens is 3. The van der Waals surface area contributed by atoms with Crippen molar-refractivity contribution < 1.29 is 13.2 Å². The minimum atomic E-state index is -4.49. The Bertz CT molecular complexity index is 1020. The van der Waals surface area contributed by atoms with E-state index in [1.165, 1.54) is 9.98 Å². The lowest BCUT2D eigenvalue weighted by molar-refractivity contribution is -0.128. The number of thioether (sulfide) groups is 1. The summed E-state index contributed by atoms with van der Waals surface area (Å²) in [5, 5.41) is 10.7. The molecule has 9 heteroatoms. The van der Waals surface area contributed by atoms with Crippen molar-refractivity contribution >= 4 is 17.7 Å². The lowest BCUT2D eigenvalue weighted by Crippen LogP contribution is -2.38. The summed E-state index contributed by atoms with van der Waals surface area (Å²) in [6.45, 7) is 4.83. The van der Waals surface area contributed by atoms with Gasteiger partial charge in [0.1, 0.15) is 0 Å². The van der Waals surface area contributed by atoms with E-state index >= 15 is 0 Å². The minimum absolute atomic E-state index is 0.0540. The molecule has 0 aliphatic carbocycles. The first-order valence-electron chi connectivity index (χ1n) is 9.55. The fourth-order valence-corrected chi connectivity index (χ4v) is 4.13. The van der Waals surface area contributed by atoms with Crippen LogP contribution in [0.3, 0.4) is 0 Å². The Morgan fingerprint density at radius 2 is 1.93 bits per heavy atom. The highest BCUT2D eigenvalue weighted by molar-refractivity contribution is 8.02. The number of aromatic nitrogens is 2. The van der Waals surface area contributed by atoms with E-state index in [-0.39, 0.29) is 23.1 Å². The van der Waals surface area contributed by atoms with Crippen molar-refractivity contribution in [2.75, 3.05) is 18.0 Å². The number of benzene rings is 1. The zero-order chi connectivity index (χ0) is 21.7. The predicted octanol–water partition coefficient (Wildman–Crippen LogP) is 4.49. The summed E-state index contributed by atoms with van der Waals surface area (Å²) in [6, 6.07) is 8.95. The van der Waals surface area contributed by atoms with Gasteiger partial charge in [0.2, 0.25) is 5.95 Å². The molecule has 0 amide bonds. The van der Waals surface area contributed by atoms with Crippen LogP contribution in [0.1, 0.15) is 36.1 Å². The van der Waals surface area contributed by atoms with Crippen LogP contribution in [-0.2, 0) is 13.0 Å². The third-order valence-corrected chi connectivity index (χ3v) is 5.66. The maximum absolute atomic E-state index is 13.3. The number of piperidine rings is 1. The standard InChI is InChI=1S/C21H21F3N4OS/c1-2-30-18-17(12-21(22,23)24)26-20(27-10-6-3-7-11-27)28(19(18)29)14-16-9-5-4-8-15(16)13-25/h2,4-5,8-9H,1,3,6-7,10-12,14H2. The van der Waals surface area contributed by atoms with Gasteiger partial charge in [-0.15, -0.1) is 0 Å². The molecule has 1 aromatic carbocycles. The third kappa shape index (κ3) is 5.05. The number of hydrogen-bond donors (Lipinski definition) is 0. The van der Waals surface area contributed by atoms with Crippen LogP contribution < -0.4 is 10.5 Å². The fourth-order valence-electron chi connectivity index (χ4n) is 3.50. The summed E-state index contributed by atoms with van der Waals surface area (Å²) >= 11 is 0.844. The van der Waals surface area contributed by atoms with E-state index in [4.69, 9.17) is 0 Å². The van der Waals surface area contributed by atoms with Crippen LogP contribution >= 0.6 is 11.8 Å². The Labute approximate surface area is 176 Å². The molecule has 1 aromatic heterocycles. The van der Waals surface area contributed by atoms with E-state index < -0.39 is 18.2 Å². The average Bonchev–Trinajstić information content (AvgIpc) is 2.72. The largest absolute Gasteiger partial charge is 0.394 e. The first-order chi connectivity index (χ1) is 14.3. The molecule has 0 N–H and O–H groups in total. The molecule has 0 bridgehead atoms. The summed E-state index contributed by atoms with van der Waals surface area (Å²) in [5.41, 5.74) is 0.178. The van der Waals surface area contributed by atoms with Gasteiger partial charge in [-0.3, -0.25) is 9.36 Å². The van der Waals surface area contributed by atoms with Gasteiger partial charge in [0, 0.05) is 13.1 Å². The number of nitriles is 1. The molecule has 0 unspecified atom stereocenters. The zero-order valence-corrected chi connectivity index (χ0v) is 17.1. The van der Waals surface area contributed by atoms with E-state index in [1.807, 2.05) is 4.90 Å². The van der Waals surface area contributed by atoms with Gasteiger partial charge in [-0.1, -0.05) is 36.5 Å². The molecule has 0 radical (unpaired) electrons. The summed E-state index contributed by atoms with van der Waals surface area (Å²) in [4.78, 5) is 19.4. The maximum atomic E-state index is 13.3. The number of anilines is 1. The molecule has 0 atom stereocenters. The highest BCUT2D eigenvalue weighted by atomic mass is 32.2. The van der Waals surface area contributed by atoms with Crippen molar-refractivity contribution in [2.45, 2.75) is 43.3 Å². The topological polar surface area (TPSA) is 61.9 Å². The molecule has 2 heterocycles. The predicted molar refractivity (Wildman–Crippen MR) is 111 cm³/mol. The molecule has 0 saturated carbocycles. The van der Waals surface area contributed by atoms with Crippen molar-refractivity contribution in [1.29, 1.82) is 5.26 Å². The molecule has 1 fully saturated rings. The molecule has 1 saturated heterocycles. The molecule has 2 aromatic rings. The molecule has 1 aliphatic heterocycles. The van der Waals surface area contributed by atoms with Gasteiger partial charge < -0.3 is 4.90 Å². The second-order valence-corrected chi connectivity index (χ2v) is 7.95. The minimum Gasteiger partial charge on any atom is -0.342 e. The second-order valence-electron chi connectivity index (χ2n) is 6.97. The van der Waals surface area contributed by atoms with Crippen LogP contribution in [0.25, 0.3) is 0 Å². The lowest BCUT2D eigenvalue weighted by Gasteiger charge is -2.30. The molecule has 5 nitrogen and oxygen atoms in total. The van der Waals surface area contributed by atoms with Gasteiger partial charge in [-0.25, -0.2) is 4.98 Å². The van der Waals surface area contributed by atoms with Gasteiger partial charge in [0.05, 0.1) is 35.2 Å². The number of rotatable bonds is 6. The van der Waals surface area contributed by atoms with Gasteiger partial charge in [-0.2, -0.15) is 18.4 Å². The fraction of sp³-hybridized carbons (Fsp3) is 0.381. The Kier molecular flexibility index (Phi) is 6.87. The van der Waals surface area contributed by atoms with Crippen molar-refractivity contribution in [3.8, 4) is 6.07 Å². The smallest absolute Gasteiger partial charge is 0.342 e. The van der Waals surface area contributed by atoms with Gasteiger partial charge in [0.15, 0.2) is 0 Å². The molecule has 1 aliphatic rings. The summed E-state index contributed by atoms with van der Waals surface area (Å²) in [7, 11) is 0. The maximum Gasteiger partial charge on any atom is 0.394 e. The van der Waals surface area contributed by atoms with Crippen molar-refractivity contribution in [1.82, 2.24) is 9.55 Å². The van der Waals surface area contributed by atoms with Crippen LogP contribution in [0.2, 0.25) is 0 Å². The van der Waals surface area contributed by atoms with E-state index in [0.29, 0.717) is 24.2 Å². The number of alkyl halides is 3. The van der Waals surface area contributed by atoms with E-state index in [2.05, 4.69) is 17.6 Å². The number of hydrogen-bond acceptors (Lipinski definition) is 5. The Morgan fingerprint density at radius 1 is 1.23 bits per heavy atom. The summed E-state index contributed by atoms with van der Waals surface area (Å²) in [5.74, 6) is 0.222. The highest BCUT2D eigenvalue weighted by Gasteiger charge is 2.32. The molecular weight excluding hydrogens is 413 g/mol. The average molecular weight is 434 g/mol. The Balaban J connectivity index is 2.19. The van der Waals surface area contributed by atoms with Crippen LogP contribution in [0.4, 0.5) is 19.1 Å². The van der Waals surface area contributed by atoms with E-state index in [1.54, 1.807) is 24.3 Å². The molecule has 158 valence electrons. The Morgan fingerprint density at radius 3 is 2.57 bits per heavy atom. The summed E-state index contributed by atoms with van der Waals surface area (Å²) < 4.78 is 40.9. The van der Waals surface area contributed by atoms with Crippen molar-refractivity contribution in [3.05, 3.63) is 63.4 Å². The third-order valence-electron chi connectivity index (χ3n) is 4.85. The second kappa shape index (κ2) is 9.39.